The summed E-state index contributed by atoms with van der Waals surface area (Å²) in [7, 11) is 0. The molecule has 1 saturated heterocycles. The van der Waals surface area contributed by atoms with E-state index in [1.54, 1.807) is 0 Å². The van der Waals surface area contributed by atoms with Crippen LogP contribution in [0.2, 0.25) is 0 Å². The summed E-state index contributed by atoms with van der Waals surface area (Å²) in [6, 6.07) is 0.640. The Bertz CT molecular complexity index is 334. The maximum atomic E-state index is 10.5. The highest BCUT2D eigenvalue weighted by atomic mass is 16.5. The number of aliphatic carboxylic acids is 1. The van der Waals surface area contributed by atoms with Gasteiger partial charge in [-0.1, -0.05) is 20.8 Å². The van der Waals surface area contributed by atoms with Crippen LogP contribution in [0.4, 0.5) is 0 Å². The molecule has 2 atom stereocenters. The molecule has 0 amide bonds. The molecular formula is C14H25NO3. The predicted molar refractivity (Wildman–Crippen MR) is 69.5 cm³/mol. The van der Waals surface area contributed by atoms with Crippen LogP contribution in [-0.4, -0.2) is 47.3 Å². The standard InChI is InChI=1S/C14H25NO3/c1-10-5-13(2,3)6-11(10)15-8-14(4,9-15)18-7-12(16)17/h10-11H,5-9H2,1-4H3,(H,16,17). The van der Waals surface area contributed by atoms with E-state index in [-0.39, 0.29) is 12.2 Å². The molecule has 0 bridgehead atoms. The first-order chi connectivity index (χ1) is 8.21. The number of hydrogen-bond acceptors (Lipinski definition) is 3. The highest BCUT2D eigenvalue weighted by molar-refractivity contribution is 5.68. The number of nitrogens with zero attached hydrogens (tertiary/aromatic N) is 1. The van der Waals surface area contributed by atoms with Gasteiger partial charge in [0, 0.05) is 19.1 Å². The molecule has 18 heavy (non-hydrogen) atoms. The van der Waals surface area contributed by atoms with Crippen molar-refractivity contribution < 1.29 is 14.6 Å². The van der Waals surface area contributed by atoms with Crippen LogP contribution in [0, 0.1) is 11.3 Å². The Balaban J connectivity index is 1.83. The van der Waals surface area contributed by atoms with Gasteiger partial charge in [-0.2, -0.15) is 0 Å². The third kappa shape index (κ3) is 2.86. The summed E-state index contributed by atoms with van der Waals surface area (Å²) in [5, 5.41) is 8.65. The number of hydrogen-bond donors (Lipinski definition) is 1. The zero-order valence-corrected chi connectivity index (χ0v) is 11.9. The Morgan fingerprint density at radius 3 is 2.39 bits per heavy atom. The molecular weight excluding hydrogens is 230 g/mol. The van der Waals surface area contributed by atoms with Crippen molar-refractivity contribution in [1.82, 2.24) is 4.90 Å². The van der Waals surface area contributed by atoms with Crippen molar-refractivity contribution in [1.29, 1.82) is 0 Å². The fraction of sp³-hybridized carbons (Fsp3) is 0.929. The molecule has 1 saturated carbocycles. The number of carbonyl (C=O) groups is 1. The zero-order valence-electron chi connectivity index (χ0n) is 11.9. The van der Waals surface area contributed by atoms with Crippen molar-refractivity contribution >= 4 is 5.97 Å². The monoisotopic (exact) mass is 255 g/mol. The molecule has 1 aliphatic carbocycles. The van der Waals surface area contributed by atoms with Crippen LogP contribution in [0.3, 0.4) is 0 Å². The quantitative estimate of drug-likeness (QED) is 0.834. The molecule has 1 aliphatic heterocycles. The Morgan fingerprint density at radius 1 is 1.33 bits per heavy atom. The third-order valence-electron chi connectivity index (χ3n) is 4.38. The lowest BCUT2D eigenvalue weighted by molar-refractivity contribution is -0.171. The van der Waals surface area contributed by atoms with Crippen LogP contribution in [0.5, 0.6) is 0 Å². The number of carboxylic acids is 1. The minimum atomic E-state index is -0.884. The number of likely N-dealkylation sites (tertiary alicyclic amines) is 1. The van der Waals surface area contributed by atoms with Crippen LogP contribution < -0.4 is 0 Å². The second-order valence-electron chi connectivity index (χ2n) is 7.15. The van der Waals surface area contributed by atoms with E-state index in [0.29, 0.717) is 11.5 Å². The van der Waals surface area contributed by atoms with Gasteiger partial charge in [-0.25, -0.2) is 4.79 Å². The molecule has 0 radical (unpaired) electrons. The molecule has 1 heterocycles. The van der Waals surface area contributed by atoms with Gasteiger partial charge in [0.1, 0.15) is 6.61 Å². The van der Waals surface area contributed by atoms with E-state index in [1.165, 1.54) is 12.8 Å². The Morgan fingerprint density at radius 2 is 1.94 bits per heavy atom. The molecule has 104 valence electrons. The Labute approximate surface area is 109 Å². The van der Waals surface area contributed by atoms with Crippen molar-refractivity contribution in [2.75, 3.05) is 19.7 Å². The van der Waals surface area contributed by atoms with E-state index in [9.17, 15) is 4.79 Å². The smallest absolute Gasteiger partial charge is 0.329 e. The fourth-order valence-electron chi connectivity index (χ4n) is 3.72. The number of ether oxygens (including phenoxy) is 1. The van der Waals surface area contributed by atoms with Gasteiger partial charge in [-0.05, 0) is 31.1 Å². The molecule has 2 unspecified atom stereocenters. The van der Waals surface area contributed by atoms with Gasteiger partial charge >= 0.3 is 5.97 Å². The highest BCUT2D eigenvalue weighted by Gasteiger charge is 2.48. The summed E-state index contributed by atoms with van der Waals surface area (Å²) >= 11 is 0. The first-order valence-electron chi connectivity index (χ1n) is 6.81. The van der Waals surface area contributed by atoms with Gasteiger partial charge in [0.25, 0.3) is 0 Å². The van der Waals surface area contributed by atoms with E-state index in [4.69, 9.17) is 9.84 Å². The van der Waals surface area contributed by atoms with Crippen LogP contribution in [0.1, 0.15) is 40.5 Å². The first kappa shape index (κ1) is 13.8. The van der Waals surface area contributed by atoms with Gasteiger partial charge in [-0.15, -0.1) is 0 Å². The molecule has 0 aromatic rings. The molecule has 4 nitrogen and oxygen atoms in total. The first-order valence-corrected chi connectivity index (χ1v) is 6.81. The minimum Gasteiger partial charge on any atom is -0.480 e. The largest absolute Gasteiger partial charge is 0.480 e. The van der Waals surface area contributed by atoms with Crippen molar-refractivity contribution in [3.05, 3.63) is 0 Å². The fourth-order valence-corrected chi connectivity index (χ4v) is 3.72. The summed E-state index contributed by atoms with van der Waals surface area (Å²) < 4.78 is 5.46. The molecule has 2 fully saturated rings. The van der Waals surface area contributed by atoms with E-state index in [0.717, 1.165) is 19.0 Å². The van der Waals surface area contributed by atoms with Gasteiger partial charge in [0.2, 0.25) is 0 Å². The second kappa shape index (κ2) is 4.49. The summed E-state index contributed by atoms with van der Waals surface area (Å²) in [4.78, 5) is 13.0. The summed E-state index contributed by atoms with van der Waals surface area (Å²) in [6.07, 6.45) is 2.52. The number of carboxylic acid groups (broad SMARTS) is 1. The van der Waals surface area contributed by atoms with Gasteiger partial charge < -0.3 is 9.84 Å². The highest BCUT2D eigenvalue weighted by Crippen LogP contribution is 2.45. The van der Waals surface area contributed by atoms with Crippen molar-refractivity contribution in [2.45, 2.75) is 52.2 Å². The van der Waals surface area contributed by atoms with Crippen molar-refractivity contribution in [2.24, 2.45) is 11.3 Å². The maximum Gasteiger partial charge on any atom is 0.329 e. The maximum absolute atomic E-state index is 10.5. The van der Waals surface area contributed by atoms with E-state index < -0.39 is 5.97 Å². The lowest BCUT2D eigenvalue weighted by Crippen LogP contribution is -2.65. The normalized spacial score (nSPS) is 34.2. The predicted octanol–water partition coefficient (Wildman–Crippen LogP) is 1.99. The van der Waals surface area contributed by atoms with Crippen LogP contribution >= 0.6 is 0 Å². The molecule has 2 rings (SSSR count). The summed E-state index contributed by atoms with van der Waals surface area (Å²) in [5.41, 5.74) is 0.183. The van der Waals surface area contributed by atoms with Gasteiger partial charge in [0.15, 0.2) is 0 Å². The Kier molecular flexibility index (Phi) is 3.45. The lowest BCUT2D eigenvalue weighted by Gasteiger charge is -2.51. The van der Waals surface area contributed by atoms with E-state index >= 15 is 0 Å². The lowest BCUT2D eigenvalue weighted by atomic mass is 9.89. The molecule has 0 aromatic carbocycles. The van der Waals surface area contributed by atoms with Crippen molar-refractivity contribution in [3.63, 3.8) is 0 Å². The average molecular weight is 255 g/mol. The summed E-state index contributed by atoms with van der Waals surface area (Å²) in [6.45, 7) is 10.6. The topological polar surface area (TPSA) is 49.8 Å². The average Bonchev–Trinajstić information content (AvgIpc) is 2.45. The van der Waals surface area contributed by atoms with Gasteiger partial charge in [-0.3, -0.25) is 4.90 Å². The van der Waals surface area contributed by atoms with Crippen molar-refractivity contribution in [3.8, 4) is 0 Å². The Hall–Kier alpha value is -0.610. The van der Waals surface area contributed by atoms with E-state index in [1.807, 2.05) is 6.92 Å². The van der Waals surface area contributed by atoms with Crippen LogP contribution in [0.15, 0.2) is 0 Å². The van der Waals surface area contributed by atoms with Crippen LogP contribution in [0.25, 0.3) is 0 Å². The SMILES string of the molecule is CC1CC(C)(C)CC1N1CC(C)(OCC(=O)O)C1. The minimum absolute atomic E-state index is 0.184. The second-order valence-corrected chi connectivity index (χ2v) is 7.15. The molecule has 4 heteroatoms. The zero-order chi connectivity index (χ0) is 13.6. The molecule has 2 aliphatic rings. The van der Waals surface area contributed by atoms with Crippen LogP contribution in [-0.2, 0) is 9.53 Å². The van der Waals surface area contributed by atoms with E-state index in [2.05, 4.69) is 25.7 Å². The third-order valence-corrected chi connectivity index (χ3v) is 4.38. The van der Waals surface area contributed by atoms with Gasteiger partial charge in [0.05, 0.1) is 5.60 Å². The number of rotatable bonds is 4. The molecule has 1 N–H and O–H groups in total. The molecule has 0 spiro atoms. The molecule has 0 aromatic heterocycles. The summed E-state index contributed by atoms with van der Waals surface area (Å²) in [5.74, 6) is -0.158.